The minimum absolute atomic E-state index is 0.182. The number of amides is 1. The first-order valence-corrected chi connectivity index (χ1v) is 6.14. The highest BCUT2D eigenvalue weighted by atomic mass is 16.5. The number of hydrogen-bond donors (Lipinski definition) is 2. The minimum atomic E-state index is -0.644. The number of carbonyl (C=O) groups excluding carboxylic acids is 1. The Morgan fingerprint density at radius 3 is 2.83 bits per heavy atom. The van der Waals surface area contributed by atoms with E-state index in [2.05, 4.69) is 10.3 Å². The maximum atomic E-state index is 12.0. The highest BCUT2D eigenvalue weighted by Gasteiger charge is 2.32. The molecule has 1 fully saturated rings. The first-order chi connectivity index (χ1) is 8.72. The molecule has 1 amide bonds. The van der Waals surface area contributed by atoms with Crippen LogP contribution in [0.25, 0.3) is 0 Å². The van der Waals surface area contributed by atoms with Crippen molar-refractivity contribution >= 4 is 5.91 Å². The predicted octanol–water partition coefficient (Wildman–Crippen LogP) is 0.740. The first kappa shape index (κ1) is 13.0. The number of aliphatic hydroxyl groups excluding tert-OH is 1. The molecule has 2 N–H and O–H groups in total. The number of pyridine rings is 1. The largest absolute Gasteiger partial charge is 0.388 e. The van der Waals surface area contributed by atoms with E-state index in [4.69, 9.17) is 4.74 Å². The Morgan fingerprint density at radius 1 is 1.44 bits per heavy atom. The van der Waals surface area contributed by atoms with Crippen molar-refractivity contribution < 1.29 is 14.6 Å². The molecule has 5 heteroatoms. The zero-order valence-corrected chi connectivity index (χ0v) is 10.4. The lowest BCUT2D eigenvalue weighted by Gasteiger charge is -2.34. The summed E-state index contributed by atoms with van der Waals surface area (Å²) in [7, 11) is 1.58. The number of ether oxygens (including phenoxy) is 1. The first-order valence-electron chi connectivity index (χ1n) is 6.14. The normalized spacial score (nSPS) is 27.8. The van der Waals surface area contributed by atoms with E-state index < -0.39 is 6.10 Å². The lowest BCUT2D eigenvalue weighted by molar-refractivity contribution is -0.0513. The molecule has 2 rings (SSSR count). The molecule has 0 aliphatic heterocycles. The van der Waals surface area contributed by atoms with Crippen LogP contribution in [0.2, 0.25) is 0 Å². The number of hydrogen-bond acceptors (Lipinski definition) is 4. The van der Waals surface area contributed by atoms with E-state index in [-0.39, 0.29) is 18.1 Å². The predicted molar refractivity (Wildman–Crippen MR) is 66.1 cm³/mol. The summed E-state index contributed by atoms with van der Waals surface area (Å²) in [5.74, 6) is -0.182. The number of rotatable bonds is 3. The zero-order valence-electron chi connectivity index (χ0n) is 10.4. The minimum Gasteiger partial charge on any atom is -0.388 e. The SMILES string of the molecule is CO[C@@H]1CCC[C@@H](NC(=O)c2ccncc2)[C@H]1O. The van der Waals surface area contributed by atoms with E-state index >= 15 is 0 Å². The summed E-state index contributed by atoms with van der Waals surface area (Å²) in [6.07, 6.45) is 4.86. The van der Waals surface area contributed by atoms with Crippen molar-refractivity contribution in [3.05, 3.63) is 30.1 Å². The smallest absolute Gasteiger partial charge is 0.251 e. The lowest BCUT2D eigenvalue weighted by atomic mass is 9.89. The Hall–Kier alpha value is -1.46. The average Bonchev–Trinajstić information content (AvgIpc) is 2.42. The Bertz CT molecular complexity index is 396. The third kappa shape index (κ3) is 2.86. The van der Waals surface area contributed by atoms with Gasteiger partial charge in [0.25, 0.3) is 5.91 Å². The zero-order chi connectivity index (χ0) is 13.0. The number of methoxy groups -OCH3 is 1. The van der Waals surface area contributed by atoms with Gasteiger partial charge in [0, 0.05) is 25.1 Å². The fraction of sp³-hybridized carbons (Fsp3) is 0.538. The molecule has 1 aliphatic rings. The van der Waals surface area contributed by atoms with Crippen LogP contribution in [0.3, 0.4) is 0 Å². The summed E-state index contributed by atoms with van der Waals surface area (Å²) < 4.78 is 5.21. The van der Waals surface area contributed by atoms with Crippen molar-refractivity contribution in [2.75, 3.05) is 7.11 Å². The van der Waals surface area contributed by atoms with Crippen molar-refractivity contribution in [3.63, 3.8) is 0 Å². The maximum Gasteiger partial charge on any atom is 0.251 e. The topological polar surface area (TPSA) is 71.5 Å². The van der Waals surface area contributed by atoms with E-state index in [1.54, 1.807) is 31.6 Å². The molecule has 18 heavy (non-hydrogen) atoms. The monoisotopic (exact) mass is 250 g/mol. The van der Waals surface area contributed by atoms with Gasteiger partial charge in [-0.1, -0.05) is 0 Å². The summed E-state index contributed by atoms with van der Waals surface area (Å²) in [4.78, 5) is 15.8. The van der Waals surface area contributed by atoms with Gasteiger partial charge in [0.05, 0.1) is 12.1 Å². The standard InChI is InChI=1S/C13H18N2O3/c1-18-11-4-2-3-10(12(11)16)15-13(17)9-5-7-14-8-6-9/h5-8,10-12,16H,2-4H2,1H3,(H,15,17)/t10-,11-,12-/m1/s1. The van der Waals surface area contributed by atoms with E-state index in [0.717, 1.165) is 19.3 Å². The third-order valence-electron chi connectivity index (χ3n) is 3.36. The van der Waals surface area contributed by atoms with Gasteiger partial charge in [-0.05, 0) is 31.4 Å². The maximum absolute atomic E-state index is 12.0. The van der Waals surface area contributed by atoms with Crippen molar-refractivity contribution in [3.8, 4) is 0 Å². The molecule has 1 saturated carbocycles. The average molecular weight is 250 g/mol. The summed E-state index contributed by atoms with van der Waals surface area (Å²) in [5.41, 5.74) is 0.553. The van der Waals surface area contributed by atoms with Gasteiger partial charge >= 0.3 is 0 Å². The van der Waals surface area contributed by atoms with Crippen LogP contribution in [0.1, 0.15) is 29.6 Å². The van der Waals surface area contributed by atoms with Crippen molar-refractivity contribution in [2.45, 2.75) is 37.5 Å². The number of aliphatic hydroxyl groups is 1. The Kier molecular flexibility index (Phi) is 4.28. The molecule has 1 heterocycles. The molecule has 1 aromatic rings. The molecule has 0 unspecified atom stereocenters. The number of aromatic nitrogens is 1. The second kappa shape index (κ2) is 5.93. The van der Waals surface area contributed by atoms with Crippen LogP contribution in [-0.4, -0.2) is 41.4 Å². The van der Waals surface area contributed by atoms with E-state index in [0.29, 0.717) is 5.56 Å². The van der Waals surface area contributed by atoms with Gasteiger partial charge in [0.2, 0.25) is 0 Å². The van der Waals surface area contributed by atoms with Gasteiger partial charge in [0.1, 0.15) is 6.10 Å². The van der Waals surface area contributed by atoms with Gasteiger partial charge in [0.15, 0.2) is 0 Å². The number of nitrogens with one attached hydrogen (secondary N) is 1. The van der Waals surface area contributed by atoms with Gasteiger partial charge in [-0.15, -0.1) is 0 Å². The quantitative estimate of drug-likeness (QED) is 0.830. The molecule has 3 atom stereocenters. The Balaban J connectivity index is 1.99. The van der Waals surface area contributed by atoms with Crippen LogP contribution in [0.5, 0.6) is 0 Å². The fourth-order valence-electron chi connectivity index (χ4n) is 2.31. The summed E-state index contributed by atoms with van der Waals surface area (Å²) in [5, 5.41) is 12.9. The van der Waals surface area contributed by atoms with Crippen molar-refractivity contribution in [1.29, 1.82) is 0 Å². The highest BCUT2D eigenvalue weighted by molar-refractivity contribution is 5.94. The molecule has 1 aliphatic carbocycles. The van der Waals surface area contributed by atoms with E-state index in [1.807, 2.05) is 0 Å². The molecule has 0 spiro atoms. The summed E-state index contributed by atoms with van der Waals surface area (Å²) >= 11 is 0. The van der Waals surface area contributed by atoms with Crippen LogP contribution < -0.4 is 5.32 Å². The molecular formula is C13H18N2O3. The number of nitrogens with zero attached hydrogens (tertiary/aromatic N) is 1. The molecule has 0 radical (unpaired) electrons. The lowest BCUT2D eigenvalue weighted by Crippen LogP contribution is -2.51. The molecular weight excluding hydrogens is 232 g/mol. The second-order valence-electron chi connectivity index (χ2n) is 4.51. The van der Waals surface area contributed by atoms with Crippen LogP contribution in [0.15, 0.2) is 24.5 Å². The molecule has 1 aromatic heterocycles. The molecule has 0 aromatic carbocycles. The summed E-state index contributed by atoms with van der Waals surface area (Å²) in [6, 6.07) is 3.06. The van der Waals surface area contributed by atoms with Gasteiger partial charge < -0.3 is 15.2 Å². The Labute approximate surface area is 106 Å². The van der Waals surface area contributed by atoms with Crippen LogP contribution in [0, 0.1) is 0 Å². The molecule has 0 saturated heterocycles. The fourth-order valence-corrected chi connectivity index (χ4v) is 2.31. The second-order valence-corrected chi connectivity index (χ2v) is 4.51. The highest BCUT2D eigenvalue weighted by Crippen LogP contribution is 2.21. The third-order valence-corrected chi connectivity index (χ3v) is 3.36. The van der Waals surface area contributed by atoms with E-state index in [9.17, 15) is 9.90 Å². The van der Waals surface area contributed by atoms with E-state index in [1.165, 1.54) is 0 Å². The number of carbonyl (C=O) groups is 1. The van der Waals surface area contributed by atoms with Crippen LogP contribution >= 0.6 is 0 Å². The molecule has 5 nitrogen and oxygen atoms in total. The van der Waals surface area contributed by atoms with Gasteiger partial charge in [-0.2, -0.15) is 0 Å². The van der Waals surface area contributed by atoms with Crippen molar-refractivity contribution in [1.82, 2.24) is 10.3 Å². The van der Waals surface area contributed by atoms with Crippen LogP contribution in [0.4, 0.5) is 0 Å². The summed E-state index contributed by atoms with van der Waals surface area (Å²) in [6.45, 7) is 0. The Morgan fingerprint density at radius 2 is 2.17 bits per heavy atom. The molecule has 0 bridgehead atoms. The van der Waals surface area contributed by atoms with Gasteiger partial charge in [-0.25, -0.2) is 0 Å². The molecule has 98 valence electrons. The van der Waals surface area contributed by atoms with Crippen molar-refractivity contribution in [2.24, 2.45) is 0 Å². The van der Waals surface area contributed by atoms with Gasteiger partial charge in [-0.3, -0.25) is 9.78 Å². The van der Waals surface area contributed by atoms with Crippen LogP contribution in [-0.2, 0) is 4.74 Å².